The third-order valence-corrected chi connectivity index (χ3v) is 3.38. The van der Waals surface area contributed by atoms with Crippen molar-refractivity contribution in [1.82, 2.24) is 0 Å². The van der Waals surface area contributed by atoms with Crippen molar-refractivity contribution >= 4 is 17.6 Å². The molecule has 0 fully saturated rings. The van der Waals surface area contributed by atoms with E-state index < -0.39 is 17.7 Å². The van der Waals surface area contributed by atoms with Crippen LogP contribution in [0.3, 0.4) is 0 Å². The number of carbonyl (C=O) groups excluding carboxylic acids is 1. The molecule has 4 rings (SSSR count). The number of hydrogen-bond acceptors (Lipinski definition) is 3. The SMILES string of the molecule is COC(=O)c1cccc(C(F)(F)F)c1.Clc1cc2ccc1CO2. The number of fused-ring (bicyclic) bond motifs is 3. The second kappa shape index (κ2) is 6.91. The Morgan fingerprint density at radius 2 is 1.96 bits per heavy atom. The molecule has 2 aromatic rings. The first kappa shape index (κ1) is 17.1. The molecule has 3 nitrogen and oxygen atoms in total. The molecular formula is C16H12ClF3O3. The number of methoxy groups -OCH3 is 1. The first-order chi connectivity index (χ1) is 10.8. The molecule has 2 aliphatic rings. The predicted octanol–water partition coefficient (Wildman–Crippen LogP) is 4.72. The van der Waals surface area contributed by atoms with Crippen LogP contribution in [0.1, 0.15) is 21.5 Å². The minimum Gasteiger partial charge on any atom is -0.489 e. The quantitative estimate of drug-likeness (QED) is 0.702. The Labute approximate surface area is 135 Å². The molecule has 23 heavy (non-hydrogen) atoms. The lowest BCUT2D eigenvalue weighted by Crippen LogP contribution is -2.08. The van der Waals surface area contributed by atoms with Gasteiger partial charge in [-0.3, -0.25) is 0 Å². The normalized spacial score (nSPS) is 12.0. The molecule has 0 saturated heterocycles. The maximum atomic E-state index is 12.2. The monoisotopic (exact) mass is 344 g/mol. The Morgan fingerprint density at radius 3 is 2.35 bits per heavy atom. The largest absolute Gasteiger partial charge is 0.489 e. The van der Waals surface area contributed by atoms with E-state index in [9.17, 15) is 18.0 Å². The molecule has 0 amide bonds. The Hall–Kier alpha value is -2.21. The first-order valence-corrected chi connectivity index (χ1v) is 6.86. The Balaban J connectivity index is 0.000000182. The molecule has 2 bridgehead atoms. The van der Waals surface area contributed by atoms with Gasteiger partial charge in [-0.1, -0.05) is 23.7 Å². The number of alkyl halides is 3. The molecule has 2 aromatic carbocycles. The van der Waals surface area contributed by atoms with Gasteiger partial charge in [-0.05, 0) is 30.3 Å². The van der Waals surface area contributed by atoms with Crippen LogP contribution in [0, 0.1) is 0 Å². The lowest BCUT2D eigenvalue weighted by atomic mass is 10.1. The summed E-state index contributed by atoms with van der Waals surface area (Å²) in [5.41, 5.74) is 0.106. The molecule has 2 aliphatic heterocycles. The fourth-order valence-electron chi connectivity index (χ4n) is 1.84. The highest BCUT2D eigenvalue weighted by molar-refractivity contribution is 6.31. The van der Waals surface area contributed by atoms with Gasteiger partial charge in [0.05, 0.1) is 23.3 Å². The summed E-state index contributed by atoms with van der Waals surface area (Å²) >= 11 is 5.79. The Morgan fingerprint density at radius 1 is 1.22 bits per heavy atom. The van der Waals surface area contributed by atoms with Gasteiger partial charge in [0.2, 0.25) is 0 Å². The minimum absolute atomic E-state index is 0.109. The van der Waals surface area contributed by atoms with Gasteiger partial charge < -0.3 is 9.47 Å². The van der Waals surface area contributed by atoms with Gasteiger partial charge in [-0.25, -0.2) is 4.79 Å². The second-order valence-corrected chi connectivity index (χ2v) is 5.02. The molecule has 0 atom stereocenters. The van der Waals surface area contributed by atoms with Gasteiger partial charge >= 0.3 is 12.1 Å². The Bertz CT molecular complexity index is 714. The fourth-order valence-corrected chi connectivity index (χ4v) is 2.06. The van der Waals surface area contributed by atoms with E-state index in [1.54, 1.807) is 0 Å². The molecule has 2 heterocycles. The predicted molar refractivity (Wildman–Crippen MR) is 78.6 cm³/mol. The van der Waals surface area contributed by atoms with E-state index in [1.165, 1.54) is 6.07 Å². The summed E-state index contributed by atoms with van der Waals surface area (Å²) in [5.74, 6) is 0.0890. The number of halogens is 4. The van der Waals surface area contributed by atoms with E-state index in [0.29, 0.717) is 6.61 Å². The van der Waals surface area contributed by atoms with Crippen LogP contribution in [-0.2, 0) is 17.5 Å². The highest BCUT2D eigenvalue weighted by atomic mass is 35.5. The number of ether oxygens (including phenoxy) is 2. The third-order valence-electron chi connectivity index (χ3n) is 3.03. The lowest BCUT2D eigenvalue weighted by molar-refractivity contribution is -0.137. The van der Waals surface area contributed by atoms with Crippen LogP contribution < -0.4 is 4.74 Å². The number of rotatable bonds is 1. The van der Waals surface area contributed by atoms with Crippen molar-refractivity contribution in [1.29, 1.82) is 0 Å². The van der Waals surface area contributed by atoms with Crippen molar-refractivity contribution in [2.45, 2.75) is 12.8 Å². The summed E-state index contributed by atoms with van der Waals surface area (Å²) in [6.45, 7) is 0.640. The van der Waals surface area contributed by atoms with Crippen molar-refractivity contribution in [3.05, 3.63) is 64.2 Å². The van der Waals surface area contributed by atoms with Gasteiger partial charge in [0.1, 0.15) is 12.4 Å². The molecule has 0 saturated carbocycles. The Kier molecular flexibility index (Phi) is 5.15. The van der Waals surface area contributed by atoms with Crippen LogP contribution in [0.15, 0.2) is 42.5 Å². The average Bonchev–Trinajstić information content (AvgIpc) is 2.55. The number of esters is 1. The highest BCUT2D eigenvalue weighted by Crippen LogP contribution is 2.30. The van der Waals surface area contributed by atoms with Gasteiger partial charge in [0.25, 0.3) is 0 Å². The van der Waals surface area contributed by atoms with Crippen molar-refractivity contribution in [2.24, 2.45) is 0 Å². The molecule has 122 valence electrons. The lowest BCUT2D eigenvalue weighted by Gasteiger charge is -2.14. The van der Waals surface area contributed by atoms with Crippen molar-refractivity contribution in [2.75, 3.05) is 7.11 Å². The minimum atomic E-state index is -4.44. The van der Waals surface area contributed by atoms with E-state index in [2.05, 4.69) is 4.74 Å². The van der Waals surface area contributed by atoms with Crippen LogP contribution in [0.5, 0.6) is 5.75 Å². The van der Waals surface area contributed by atoms with Crippen LogP contribution >= 0.6 is 11.6 Å². The smallest absolute Gasteiger partial charge is 0.416 e. The average molecular weight is 345 g/mol. The molecule has 7 heteroatoms. The molecule has 0 aromatic heterocycles. The van der Waals surface area contributed by atoms with Crippen molar-refractivity contribution in [3.8, 4) is 5.75 Å². The zero-order chi connectivity index (χ0) is 17.0. The zero-order valence-electron chi connectivity index (χ0n) is 12.0. The number of hydrogen-bond donors (Lipinski definition) is 0. The summed E-state index contributed by atoms with van der Waals surface area (Å²) in [6.07, 6.45) is -4.44. The first-order valence-electron chi connectivity index (χ1n) is 6.48. The molecule has 0 N–H and O–H groups in total. The molecule has 0 spiro atoms. The summed E-state index contributed by atoms with van der Waals surface area (Å²) in [5, 5.41) is 0.818. The van der Waals surface area contributed by atoms with Crippen LogP contribution in [-0.4, -0.2) is 13.1 Å². The van der Waals surface area contributed by atoms with Gasteiger partial charge in [0, 0.05) is 5.56 Å². The summed E-state index contributed by atoms with van der Waals surface area (Å²) in [4.78, 5) is 10.9. The standard InChI is InChI=1S/C9H7F3O2.C7H5ClO/c1-14-8(13)6-3-2-4-7(5-6)9(10,11)12;8-7-3-6-2-1-5(7)4-9-6/h2-5H,1H3;1-3H,4H2. The molecule has 0 aliphatic carbocycles. The van der Waals surface area contributed by atoms with Crippen molar-refractivity contribution in [3.63, 3.8) is 0 Å². The van der Waals surface area contributed by atoms with E-state index in [0.717, 1.165) is 41.6 Å². The van der Waals surface area contributed by atoms with Gasteiger partial charge in [-0.2, -0.15) is 13.2 Å². The summed E-state index contributed by atoms with van der Waals surface area (Å²) in [7, 11) is 1.11. The molecular weight excluding hydrogens is 333 g/mol. The van der Waals surface area contributed by atoms with E-state index >= 15 is 0 Å². The maximum Gasteiger partial charge on any atom is 0.416 e. The van der Waals surface area contributed by atoms with Crippen molar-refractivity contribution < 1.29 is 27.4 Å². The second-order valence-electron chi connectivity index (χ2n) is 4.61. The number of carbonyl (C=O) groups is 1. The topological polar surface area (TPSA) is 35.5 Å². The highest BCUT2D eigenvalue weighted by Gasteiger charge is 2.30. The van der Waals surface area contributed by atoms with E-state index in [1.807, 2.05) is 18.2 Å². The van der Waals surface area contributed by atoms with Gasteiger partial charge in [-0.15, -0.1) is 0 Å². The summed E-state index contributed by atoms with van der Waals surface area (Å²) in [6, 6.07) is 9.82. The van der Waals surface area contributed by atoms with Crippen LogP contribution in [0.4, 0.5) is 13.2 Å². The fraction of sp³-hybridized carbons (Fsp3) is 0.188. The van der Waals surface area contributed by atoms with Crippen LogP contribution in [0.25, 0.3) is 0 Å². The van der Waals surface area contributed by atoms with Gasteiger partial charge in [0.15, 0.2) is 0 Å². The van der Waals surface area contributed by atoms with E-state index in [4.69, 9.17) is 16.3 Å². The maximum absolute atomic E-state index is 12.2. The summed E-state index contributed by atoms with van der Waals surface area (Å²) < 4.78 is 46.0. The zero-order valence-corrected chi connectivity index (χ0v) is 12.7. The van der Waals surface area contributed by atoms with E-state index in [-0.39, 0.29) is 5.56 Å². The molecule has 0 unspecified atom stereocenters. The molecule has 0 radical (unpaired) electrons. The number of benzene rings is 2. The van der Waals surface area contributed by atoms with Crippen LogP contribution in [0.2, 0.25) is 5.02 Å². The third kappa shape index (κ3) is 4.39.